The van der Waals surface area contributed by atoms with E-state index in [4.69, 9.17) is 16.6 Å². The summed E-state index contributed by atoms with van der Waals surface area (Å²) in [6.07, 6.45) is 3.31. The van der Waals surface area contributed by atoms with Gasteiger partial charge >= 0.3 is 0 Å². The minimum absolute atomic E-state index is 0.588. The van der Waals surface area contributed by atoms with E-state index in [1.165, 1.54) is 0 Å². The lowest BCUT2D eigenvalue weighted by Crippen LogP contribution is -2.45. The quantitative estimate of drug-likeness (QED) is 0.761. The predicted octanol–water partition coefficient (Wildman–Crippen LogP) is 2.88. The Labute approximate surface area is 157 Å². The van der Waals surface area contributed by atoms with Gasteiger partial charge in [0.2, 0.25) is 5.95 Å². The smallest absolute Gasteiger partial charge is 0.229 e. The number of anilines is 3. The van der Waals surface area contributed by atoms with Crippen LogP contribution in [0, 0.1) is 6.92 Å². The van der Waals surface area contributed by atoms with Crippen LogP contribution in [0.1, 0.15) is 5.56 Å². The molecule has 7 nitrogen and oxygen atoms in total. The number of aromatic nitrogens is 4. The van der Waals surface area contributed by atoms with Crippen molar-refractivity contribution in [2.45, 2.75) is 6.92 Å². The Kier molecular flexibility index (Phi) is 4.57. The fourth-order valence-electron chi connectivity index (χ4n) is 2.98. The van der Waals surface area contributed by atoms with Crippen LogP contribution in [0.4, 0.5) is 17.5 Å². The molecule has 0 saturated carbocycles. The van der Waals surface area contributed by atoms with Crippen LogP contribution in [0.2, 0.25) is 5.02 Å². The molecule has 8 heteroatoms. The fraction of sp³-hybridized carbons (Fsp3) is 0.333. The van der Waals surface area contributed by atoms with E-state index in [0.29, 0.717) is 28.0 Å². The highest BCUT2D eigenvalue weighted by atomic mass is 35.5. The largest absolute Gasteiger partial charge is 0.338 e. The Hall–Kier alpha value is -2.51. The zero-order valence-electron chi connectivity index (χ0n) is 14.8. The minimum Gasteiger partial charge on any atom is -0.338 e. The van der Waals surface area contributed by atoms with E-state index in [-0.39, 0.29) is 0 Å². The Morgan fingerprint density at radius 3 is 2.58 bits per heavy atom. The second-order valence-electron chi connectivity index (χ2n) is 6.48. The zero-order valence-corrected chi connectivity index (χ0v) is 15.5. The van der Waals surface area contributed by atoms with E-state index in [9.17, 15) is 0 Å². The second-order valence-corrected chi connectivity index (χ2v) is 6.91. The Morgan fingerprint density at radius 2 is 1.81 bits per heavy atom. The number of nitrogens with one attached hydrogen (secondary N) is 1. The van der Waals surface area contributed by atoms with Crippen molar-refractivity contribution in [2.24, 2.45) is 0 Å². The molecule has 0 radical (unpaired) electrons. The maximum Gasteiger partial charge on any atom is 0.229 e. The Morgan fingerprint density at radius 1 is 1.04 bits per heavy atom. The van der Waals surface area contributed by atoms with E-state index in [2.05, 4.69) is 37.1 Å². The van der Waals surface area contributed by atoms with Gasteiger partial charge in [-0.25, -0.2) is 9.97 Å². The average Bonchev–Trinajstić information content (AvgIpc) is 2.64. The summed E-state index contributed by atoms with van der Waals surface area (Å²) in [5.41, 5.74) is 3.21. The van der Waals surface area contributed by atoms with E-state index < -0.39 is 0 Å². The monoisotopic (exact) mass is 369 g/mol. The molecular weight excluding hydrogens is 350 g/mol. The summed E-state index contributed by atoms with van der Waals surface area (Å²) in [6, 6.07) is 5.71. The highest BCUT2D eigenvalue weighted by Crippen LogP contribution is 2.27. The molecule has 4 rings (SSSR count). The van der Waals surface area contributed by atoms with Gasteiger partial charge in [-0.2, -0.15) is 9.97 Å². The predicted molar refractivity (Wildman–Crippen MR) is 104 cm³/mol. The molecule has 1 aromatic carbocycles. The van der Waals surface area contributed by atoms with Crippen LogP contribution < -0.4 is 10.2 Å². The average molecular weight is 370 g/mol. The van der Waals surface area contributed by atoms with Crippen LogP contribution in [0.3, 0.4) is 0 Å². The van der Waals surface area contributed by atoms with Crippen LogP contribution >= 0.6 is 11.6 Å². The molecule has 0 atom stereocenters. The van der Waals surface area contributed by atoms with E-state index in [0.717, 1.165) is 37.4 Å². The van der Waals surface area contributed by atoms with Crippen molar-refractivity contribution in [3.63, 3.8) is 0 Å². The summed E-state index contributed by atoms with van der Waals surface area (Å²) in [5, 5.41) is 4.09. The van der Waals surface area contributed by atoms with E-state index in [1.54, 1.807) is 12.4 Å². The first-order chi connectivity index (χ1) is 12.6. The molecular formula is C18H20ClN7. The number of benzene rings is 1. The van der Waals surface area contributed by atoms with Crippen molar-refractivity contribution in [2.75, 3.05) is 43.4 Å². The molecule has 0 amide bonds. The third-order valence-electron chi connectivity index (χ3n) is 4.55. The normalized spacial score (nSPS) is 15.4. The van der Waals surface area contributed by atoms with Gasteiger partial charge in [-0.15, -0.1) is 0 Å². The third kappa shape index (κ3) is 3.40. The van der Waals surface area contributed by atoms with E-state index >= 15 is 0 Å². The molecule has 3 aromatic rings. The van der Waals surface area contributed by atoms with Crippen LogP contribution in [-0.2, 0) is 0 Å². The number of aryl methyl sites for hydroxylation is 1. The number of likely N-dealkylation sites (N-methyl/N-ethyl adjacent to an activating group) is 1. The Bertz CT molecular complexity index is 938. The number of nitrogens with zero attached hydrogens (tertiary/aromatic N) is 6. The van der Waals surface area contributed by atoms with Gasteiger partial charge in [-0.3, -0.25) is 0 Å². The van der Waals surface area contributed by atoms with Crippen LogP contribution in [0.15, 0.2) is 30.6 Å². The first-order valence-corrected chi connectivity index (χ1v) is 8.93. The second kappa shape index (κ2) is 7.01. The van der Waals surface area contributed by atoms with E-state index in [1.807, 2.05) is 25.1 Å². The minimum atomic E-state index is 0.588. The topological polar surface area (TPSA) is 70.1 Å². The van der Waals surface area contributed by atoms with Gasteiger partial charge in [-0.1, -0.05) is 11.6 Å². The number of hydrogen-bond acceptors (Lipinski definition) is 7. The summed E-state index contributed by atoms with van der Waals surface area (Å²) >= 11 is 6.07. The molecule has 3 heterocycles. The zero-order chi connectivity index (χ0) is 18.1. The van der Waals surface area contributed by atoms with Crippen molar-refractivity contribution < 1.29 is 0 Å². The number of piperazine rings is 1. The number of rotatable bonds is 3. The molecule has 2 aromatic heterocycles. The van der Waals surface area contributed by atoms with Gasteiger partial charge in [0.05, 0.1) is 0 Å². The lowest BCUT2D eigenvalue weighted by atomic mass is 10.2. The fourth-order valence-corrected chi connectivity index (χ4v) is 3.21. The lowest BCUT2D eigenvalue weighted by molar-refractivity contribution is 0.311. The molecule has 0 unspecified atom stereocenters. The summed E-state index contributed by atoms with van der Waals surface area (Å²) in [7, 11) is 2.13. The van der Waals surface area contributed by atoms with Crippen molar-refractivity contribution in [1.29, 1.82) is 0 Å². The highest BCUT2D eigenvalue weighted by molar-refractivity contribution is 6.30. The van der Waals surface area contributed by atoms with Gasteiger partial charge < -0.3 is 15.1 Å². The molecule has 0 aliphatic carbocycles. The highest BCUT2D eigenvalue weighted by Gasteiger charge is 2.19. The third-order valence-corrected chi connectivity index (χ3v) is 4.78. The van der Waals surface area contributed by atoms with Crippen LogP contribution in [0.5, 0.6) is 0 Å². The molecule has 1 aliphatic heterocycles. The van der Waals surface area contributed by atoms with Crippen molar-refractivity contribution in [1.82, 2.24) is 24.8 Å². The van der Waals surface area contributed by atoms with Gasteiger partial charge in [0.1, 0.15) is 0 Å². The molecule has 1 saturated heterocycles. The van der Waals surface area contributed by atoms with Crippen molar-refractivity contribution in [3.05, 3.63) is 41.2 Å². The summed E-state index contributed by atoms with van der Waals surface area (Å²) in [5.74, 6) is 1.34. The van der Waals surface area contributed by atoms with Gasteiger partial charge in [-0.05, 0) is 37.7 Å². The molecule has 1 aliphatic rings. The maximum absolute atomic E-state index is 6.07. The number of halogens is 1. The number of fused-ring (bicyclic) bond motifs is 1. The van der Waals surface area contributed by atoms with Crippen molar-refractivity contribution in [3.8, 4) is 0 Å². The molecule has 0 spiro atoms. The van der Waals surface area contributed by atoms with Gasteiger partial charge in [0, 0.05) is 49.3 Å². The molecule has 134 valence electrons. The number of hydrogen-bond donors (Lipinski definition) is 1. The summed E-state index contributed by atoms with van der Waals surface area (Å²) in [4.78, 5) is 22.7. The first-order valence-electron chi connectivity index (χ1n) is 8.55. The molecule has 0 bridgehead atoms. The van der Waals surface area contributed by atoms with Crippen molar-refractivity contribution >= 4 is 40.2 Å². The van der Waals surface area contributed by atoms with Crippen LogP contribution in [0.25, 0.3) is 11.2 Å². The molecule has 26 heavy (non-hydrogen) atoms. The first kappa shape index (κ1) is 16.9. The lowest BCUT2D eigenvalue weighted by Gasteiger charge is -2.32. The Balaban J connectivity index is 1.74. The van der Waals surface area contributed by atoms with Gasteiger partial charge in [0.15, 0.2) is 17.0 Å². The maximum atomic E-state index is 6.07. The van der Waals surface area contributed by atoms with Gasteiger partial charge in [0.25, 0.3) is 0 Å². The molecule has 1 N–H and O–H groups in total. The standard InChI is InChI=1S/C18H20ClN7/c1-12-11-13(19)3-4-14(12)22-17-15-16(21-6-5-20-15)23-18(24-17)26-9-7-25(2)8-10-26/h3-6,11H,7-10H2,1-2H3,(H,21,22,23,24). The summed E-state index contributed by atoms with van der Waals surface area (Å²) in [6.45, 7) is 5.76. The SMILES string of the molecule is Cc1cc(Cl)ccc1Nc1nc(N2CCN(C)CC2)nc2nccnc12. The molecule has 1 fully saturated rings. The summed E-state index contributed by atoms with van der Waals surface area (Å²) < 4.78 is 0. The van der Waals surface area contributed by atoms with Crippen LogP contribution in [-0.4, -0.2) is 58.1 Å².